The molecule has 3 rings (SSSR count). The molecular weight excluding hydrogens is 316 g/mol. The number of hydrogen-bond donors (Lipinski definition) is 1. The average Bonchev–Trinajstić information content (AvgIpc) is 2.88. The second kappa shape index (κ2) is 7.83. The highest BCUT2D eigenvalue weighted by Crippen LogP contribution is 2.24. The van der Waals surface area contributed by atoms with Crippen molar-refractivity contribution in [2.75, 3.05) is 13.2 Å². The quantitative estimate of drug-likeness (QED) is 0.932. The van der Waals surface area contributed by atoms with E-state index in [9.17, 15) is 9.59 Å². The average molecular weight is 338 g/mol. The third-order valence-electron chi connectivity index (χ3n) is 4.25. The maximum absolute atomic E-state index is 12.4. The van der Waals surface area contributed by atoms with Crippen LogP contribution in [0.5, 0.6) is 5.75 Å². The summed E-state index contributed by atoms with van der Waals surface area (Å²) < 4.78 is 5.71. The largest absolute Gasteiger partial charge is 0.491 e. The van der Waals surface area contributed by atoms with Gasteiger partial charge in [-0.25, -0.2) is 0 Å². The van der Waals surface area contributed by atoms with Crippen LogP contribution >= 0.6 is 0 Å². The van der Waals surface area contributed by atoms with Gasteiger partial charge in [-0.05, 0) is 23.8 Å². The predicted molar refractivity (Wildman–Crippen MR) is 95.3 cm³/mol. The summed E-state index contributed by atoms with van der Waals surface area (Å²) in [5.41, 5.74) is 2.49. The van der Waals surface area contributed by atoms with Crippen molar-refractivity contribution in [2.24, 2.45) is 0 Å². The van der Waals surface area contributed by atoms with Gasteiger partial charge in [0.15, 0.2) is 0 Å². The summed E-state index contributed by atoms with van der Waals surface area (Å²) in [6.45, 7) is 3.84. The molecule has 0 aromatic heterocycles. The number of carbonyl (C=O) groups is 2. The van der Waals surface area contributed by atoms with Crippen LogP contribution < -0.4 is 10.1 Å². The molecule has 2 aromatic rings. The Labute approximate surface area is 147 Å². The first-order valence-corrected chi connectivity index (χ1v) is 8.53. The summed E-state index contributed by atoms with van der Waals surface area (Å²) >= 11 is 0. The van der Waals surface area contributed by atoms with Gasteiger partial charge in [-0.3, -0.25) is 9.59 Å². The van der Waals surface area contributed by atoms with Crippen molar-refractivity contribution in [1.29, 1.82) is 0 Å². The van der Waals surface area contributed by atoms with Gasteiger partial charge in [-0.15, -0.1) is 0 Å². The lowest BCUT2D eigenvalue weighted by Gasteiger charge is -2.19. The molecule has 1 heterocycles. The van der Waals surface area contributed by atoms with Crippen LogP contribution in [-0.2, 0) is 17.9 Å². The van der Waals surface area contributed by atoms with Gasteiger partial charge in [0.25, 0.3) is 5.91 Å². The maximum Gasteiger partial charge on any atom is 0.251 e. The number of fused-ring (bicyclic) bond motifs is 1. The minimum absolute atomic E-state index is 0.0929. The van der Waals surface area contributed by atoms with E-state index in [0.717, 1.165) is 16.9 Å². The number of rotatable bonds is 4. The van der Waals surface area contributed by atoms with Gasteiger partial charge in [0.2, 0.25) is 5.91 Å². The van der Waals surface area contributed by atoms with Crippen LogP contribution in [0, 0.1) is 0 Å². The second-order valence-corrected chi connectivity index (χ2v) is 6.01. The standard InChI is InChI=1S/C20H22N2O3/c1-2-19(23)22-10-11-25-18-9-8-16(12-17(18)14-22)20(24)21-13-15-6-4-3-5-7-15/h3-9,12H,2,10-11,13-14H2,1H3,(H,21,24). The molecule has 0 spiro atoms. The lowest BCUT2D eigenvalue weighted by atomic mass is 10.1. The summed E-state index contributed by atoms with van der Waals surface area (Å²) in [7, 11) is 0. The summed E-state index contributed by atoms with van der Waals surface area (Å²) in [6, 6.07) is 15.2. The van der Waals surface area contributed by atoms with E-state index in [1.165, 1.54) is 0 Å². The Morgan fingerprint density at radius 1 is 1.16 bits per heavy atom. The van der Waals surface area contributed by atoms with Crippen LogP contribution in [0.1, 0.15) is 34.8 Å². The fraction of sp³-hybridized carbons (Fsp3) is 0.300. The molecule has 1 N–H and O–H groups in total. The molecule has 1 aliphatic rings. The second-order valence-electron chi connectivity index (χ2n) is 6.01. The first-order valence-electron chi connectivity index (χ1n) is 8.53. The van der Waals surface area contributed by atoms with Crippen molar-refractivity contribution >= 4 is 11.8 Å². The van der Waals surface area contributed by atoms with E-state index in [1.807, 2.05) is 49.4 Å². The Hall–Kier alpha value is -2.82. The van der Waals surface area contributed by atoms with E-state index in [0.29, 0.717) is 38.2 Å². The summed E-state index contributed by atoms with van der Waals surface area (Å²) in [4.78, 5) is 26.2. The first-order chi connectivity index (χ1) is 12.2. The van der Waals surface area contributed by atoms with Gasteiger partial charge in [0.05, 0.1) is 6.54 Å². The van der Waals surface area contributed by atoms with Crippen LogP contribution in [0.25, 0.3) is 0 Å². The van der Waals surface area contributed by atoms with Crippen LogP contribution in [0.15, 0.2) is 48.5 Å². The van der Waals surface area contributed by atoms with Gasteiger partial charge in [-0.1, -0.05) is 37.3 Å². The zero-order valence-corrected chi connectivity index (χ0v) is 14.3. The van der Waals surface area contributed by atoms with E-state index in [4.69, 9.17) is 4.74 Å². The third-order valence-corrected chi connectivity index (χ3v) is 4.25. The van der Waals surface area contributed by atoms with Gasteiger partial charge in [0, 0.05) is 30.6 Å². The highest BCUT2D eigenvalue weighted by molar-refractivity contribution is 5.94. The molecule has 5 heteroatoms. The number of nitrogens with one attached hydrogen (secondary N) is 1. The molecule has 2 aromatic carbocycles. The number of nitrogens with zero attached hydrogens (tertiary/aromatic N) is 1. The molecule has 0 saturated heterocycles. The van der Waals surface area contributed by atoms with Crippen LogP contribution in [-0.4, -0.2) is 29.9 Å². The molecule has 25 heavy (non-hydrogen) atoms. The Kier molecular flexibility index (Phi) is 5.33. The number of benzene rings is 2. The lowest BCUT2D eigenvalue weighted by molar-refractivity contribution is -0.131. The fourth-order valence-electron chi connectivity index (χ4n) is 2.85. The molecule has 5 nitrogen and oxygen atoms in total. The Balaban J connectivity index is 1.72. The number of amides is 2. The van der Waals surface area contributed by atoms with Crippen molar-refractivity contribution in [3.8, 4) is 5.75 Å². The summed E-state index contributed by atoms with van der Waals surface area (Å²) in [6.07, 6.45) is 0.465. The van der Waals surface area contributed by atoms with Crippen LogP contribution in [0.3, 0.4) is 0 Å². The highest BCUT2D eigenvalue weighted by atomic mass is 16.5. The minimum atomic E-state index is -0.135. The van der Waals surface area contributed by atoms with E-state index in [1.54, 1.807) is 11.0 Å². The van der Waals surface area contributed by atoms with E-state index >= 15 is 0 Å². The molecule has 130 valence electrons. The Morgan fingerprint density at radius 3 is 2.72 bits per heavy atom. The minimum Gasteiger partial charge on any atom is -0.491 e. The van der Waals surface area contributed by atoms with Crippen molar-refractivity contribution < 1.29 is 14.3 Å². The maximum atomic E-state index is 12.4. The molecule has 0 fully saturated rings. The Morgan fingerprint density at radius 2 is 1.96 bits per heavy atom. The fourth-order valence-corrected chi connectivity index (χ4v) is 2.85. The van der Waals surface area contributed by atoms with Crippen molar-refractivity contribution in [2.45, 2.75) is 26.4 Å². The normalized spacial score (nSPS) is 13.4. The number of ether oxygens (including phenoxy) is 1. The summed E-state index contributed by atoms with van der Waals surface area (Å²) in [5, 5.41) is 2.92. The van der Waals surface area contributed by atoms with Crippen LogP contribution in [0.4, 0.5) is 0 Å². The zero-order chi connectivity index (χ0) is 17.6. The highest BCUT2D eigenvalue weighted by Gasteiger charge is 2.20. The van der Waals surface area contributed by atoms with Gasteiger partial charge in [-0.2, -0.15) is 0 Å². The lowest BCUT2D eigenvalue weighted by Crippen LogP contribution is -2.31. The smallest absolute Gasteiger partial charge is 0.251 e. The predicted octanol–water partition coefficient (Wildman–Crippen LogP) is 2.75. The molecule has 2 amide bonds. The molecule has 1 aliphatic heterocycles. The van der Waals surface area contributed by atoms with E-state index in [2.05, 4.69) is 5.32 Å². The molecular formula is C20H22N2O3. The molecule has 0 aliphatic carbocycles. The SMILES string of the molecule is CCC(=O)N1CCOc2ccc(C(=O)NCc3ccccc3)cc2C1. The summed E-state index contributed by atoms with van der Waals surface area (Å²) in [5.74, 6) is 0.700. The number of hydrogen-bond acceptors (Lipinski definition) is 3. The van der Waals surface area contributed by atoms with Crippen molar-refractivity contribution in [3.63, 3.8) is 0 Å². The van der Waals surface area contributed by atoms with E-state index in [-0.39, 0.29) is 11.8 Å². The zero-order valence-electron chi connectivity index (χ0n) is 14.3. The Bertz CT molecular complexity index is 759. The van der Waals surface area contributed by atoms with Crippen molar-refractivity contribution in [3.05, 3.63) is 65.2 Å². The monoisotopic (exact) mass is 338 g/mol. The first kappa shape index (κ1) is 17.0. The third kappa shape index (κ3) is 4.18. The van der Waals surface area contributed by atoms with Crippen LogP contribution in [0.2, 0.25) is 0 Å². The van der Waals surface area contributed by atoms with Gasteiger partial charge in [0.1, 0.15) is 12.4 Å². The molecule has 0 bridgehead atoms. The van der Waals surface area contributed by atoms with Gasteiger partial charge >= 0.3 is 0 Å². The topological polar surface area (TPSA) is 58.6 Å². The van der Waals surface area contributed by atoms with Crippen molar-refractivity contribution in [1.82, 2.24) is 10.2 Å². The van der Waals surface area contributed by atoms with E-state index < -0.39 is 0 Å². The molecule has 0 saturated carbocycles. The molecule has 0 atom stereocenters. The number of carbonyl (C=O) groups excluding carboxylic acids is 2. The van der Waals surface area contributed by atoms with Gasteiger partial charge < -0.3 is 15.0 Å². The molecule has 0 unspecified atom stereocenters. The molecule has 0 radical (unpaired) electrons.